The van der Waals surface area contributed by atoms with Gasteiger partial charge in [-0.3, -0.25) is 9.59 Å². The first-order valence-corrected chi connectivity index (χ1v) is 10.7. The van der Waals surface area contributed by atoms with E-state index in [1.54, 1.807) is 55.1 Å². The lowest BCUT2D eigenvalue weighted by molar-refractivity contribution is -0.132. The number of benzene rings is 2. The van der Waals surface area contributed by atoms with Crippen molar-refractivity contribution in [1.29, 1.82) is 0 Å². The second kappa shape index (κ2) is 11.0. The van der Waals surface area contributed by atoms with E-state index in [4.69, 9.17) is 16.3 Å². The molecule has 2 amide bonds. The summed E-state index contributed by atoms with van der Waals surface area (Å²) in [6.07, 6.45) is 2.51. The predicted molar refractivity (Wildman–Crippen MR) is 115 cm³/mol. The van der Waals surface area contributed by atoms with Gasteiger partial charge in [0.2, 0.25) is 5.91 Å². The number of amides is 2. The first kappa shape index (κ1) is 22.1. The Morgan fingerprint density at radius 1 is 1.21 bits per heavy atom. The topological polar surface area (TPSA) is 58.6 Å². The highest BCUT2D eigenvalue weighted by atomic mass is 35.5. The van der Waals surface area contributed by atoms with E-state index in [-0.39, 0.29) is 11.8 Å². The van der Waals surface area contributed by atoms with Crippen molar-refractivity contribution in [2.45, 2.75) is 19.0 Å². The molecule has 0 aromatic heterocycles. The highest BCUT2D eigenvalue weighted by molar-refractivity contribution is 7.98. The van der Waals surface area contributed by atoms with Gasteiger partial charge in [-0.15, -0.1) is 0 Å². The van der Waals surface area contributed by atoms with Crippen LogP contribution in [0.3, 0.4) is 0 Å². The van der Waals surface area contributed by atoms with Gasteiger partial charge in [0.15, 0.2) is 0 Å². The van der Waals surface area contributed by atoms with Gasteiger partial charge in [-0.2, -0.15) is 11.8 Å². The lowest BCUT2D eigenvalue weighted by atomic mass is 10.1. The quantitative estimate of drug-likeness (QED) is 0.669. The molecule has 0 saturated heterocycles. The molecule has 0 aliphatic heterocycles. The zero-order chi connectivity index (χ0) is 20.5. The van der Waals surface area contributed by atoms with Crippen LogP contribution in [-0.4, -0.2) is 48.9 Å². The summed E-state index contributed by atoms with van der Waals surface area (Å²) in [7, 11) is 3.34. The molecular formula is C21H25ClN2O3S. The van der Waals surface area contributed by atoms with Crippen LogP contribution in [0.25, 0.3) is 0 Å². The van der Waals surface area contributed by atoms with Crippen LogP contribution in [0.2, 0.25) is 5.02 Å². The predicted octanol–water partition coefficient (Wildman–Crippen LogP) is 3.86. The number of rotatable bonds is 9. The number of halogens is 1. The molecule has 28 heavy (non-hydrogen) atoms. The number of methoxy groups -OCH3 is 1. The van der Waals surface area contributed by atoms with Crippen molar-refractivity contribution < 1.29 is 14.3 Å². The third kappa shape index (κ3) is 6.17. The molecule has 0 aliphatic carbocycles. The Balaban J connectivity index is 2.10. The molecule has 1 unspecified atom stereocenters. The smallest absolute Gasteiger partial charge is 0.253 e. The molecule has 0 bridgehead atoms. The monoisotopic (exact) mass is 420 g/mol. The van der Waals surface area contributed by atoms with Gasteiger partial charge in [-0.05, 0) is 48.3 Å². The molecule has 1 atom stereocenters. The number of carbonyl (C=O) groups excluding carboxylic acids is 2. The maximum Gasteiger partial charge on any atom is 0.253 e. The van der Waals surface area contributed by atoms with Gasteiger partial charge >= 0.3 is 0 Å². The van der Waals surface area contributed by atoms with E-state index in [0.29, 0.717) is 23.6 Å². The molecule has 0 fully saturated rings. The Morgan fingerprint density at radius 3 is 2.64 bits per heavy atom. The molecule has 2 aromatic carbocycles. The summed E-state index contributed by atoms with van der Waals surface area (Å²) in [5.74, 6) is 1.01. The Morgan fingerprint density at radius 2 is 1.96 bits per heavy atom. The highest BCUT2D eigenvalue weighted by Crippen LogP contribution is 2.17. The van der Waals surface area contributed by atoms with Crippen molar-refractivity contribution in [2.24, 2.45) is 0 Å². The van der Waals surface area contributed by atoms with E-state index in [1.807, 2.05) is 30.5 Å². The largest absolute Gasteiger partial charge is 0.497 e. The third-order valence-corrected chi connectivity index (χ3v) is 5.24. The Kier molecular flexibility index (Phi) is 8.67. The molecule has 0 saturated carbocycles. The van der Waals surface area contributed by atoms with Gasteiger partial charge in [0.1, 0.15) is 11.8 Å². The fraction of sp³-hybridized carbons (Fsp3) is 0.333. The van der Waals surface area contributed by atoms with Gasteiger partial charge in [-0.1, -0.05) is 35.9 Å². The van der Waals surface area contributed by atoms with Crippen LogP contribution in [0.4, 0.5) is 0 Å². The number of nitrogens with zero attached hydrogens (tertiary/aromatic N) is 1. The van der Waals surface area contributed by atoms with Crippen LogP contribution >= 0.6 is 23.4 Å². The molecule has 0 aliphatic rings. The average Bonchev–Trinajstić information content (AvgIpc) is 2.70. The van der Waals surface area contributed by atoms with Gasteiger partial charge in [0.25, 0.3) is 5.91 Å². The van der Waals surface area contributed by atoms with Crippen LogP contribution in [0, 0.1) is 0 Å². The number of hydrogen-bond donors (Lipinski definition) is 1. The first-order chi connectivity index (χ1) is 13.5. The zero-order valence-corrected chi connectivity index (χ0v) is 17.8. The summed E-state index contributed by atoms with van der Waals surface area (Å²) in [4.78, 5) is 27.2. The molecule has 0 spiro atoms. The van der Waals surface area contributed by atoms with Crippen molar-refractivity contribution in [2.75, 3.05) is 26.2 Å². The van der Waals surface area contributed by atoms with Crippen molar-refractivity contribution in [1.82, 2.24) is 10.2 Å². The standard InChI is InChI=1S/C21H25ClN2O3S/c1-24(14-15-7-6-8-16(13-15)27-2)21(26)19(11-12-28-3)23-20(25)17-9-4-5-10-18(17)22/h4-10,13,19H,11-12,14H2,1-3H3,(H,23,25). The van der Waals surface area contributed by atoms with Crippen molar-refractivity contribution >= 4 is 35.2 Å². The number of carbonyl (C=O) groups is 2. The maximum atomic E-state index is 13.0. The molecule has 2 rings (SSSR count). The third-order valence-electron chi connectivity index (χ3n) is 4.26. The summed E-state index contributed by atoms with van der Waals surface area (Å²) < 4.78 is 5.23. The summed E-state index contributed by atoms with van der Waals surface area (Å²) >= 11 is 7.74. The SMILES string of the molecule is COc1cccc(CN(C)C(=O)C(CCSC)NC(=O)c2ccccc2Cl)c1. The summed E-state index contributed by atoms with van der Waals surface area (Å²) in [5.41, 5.74) is 1.32. The molecule has 5 nitrogen and oxygen atoms in total. The van der Waals surface area contributed by atoms with Crippen LogP contribution in [-0.2, 0) is 11.3 Å². The van der Waals surface area contributed by atoms with Gasteiger partial charge < -0.3 is 15.0 Å². The van der Waals surface area contributed by atoms with Gasteiger partial charge in [-0.25, -0.2) is 0 Å². The molecular weight excluding hydrogens is 396 g/mol. The fourth-order valence-corrected chi connectivity index (χ4v) is 3.46. The van der Waals surface area contributed by atoms with Crippen LogP contribution in [0.1, 0.15) is 22.3 Å². The average molecular weight is 421 g/mol. The number of likely N-dealkylation sites (N-methyl/N-ethyl adjacent to an activating group) is 1. The minimum atomic E-state index is -0.619. The first-order valence-electron chi connectivity index (χ1n) is 8.88. The minimum Gasteiger partial charge on any atom is -0.497 e. The van der Waals surface area contributed by atoms with E-state index < -0.39 is 6.04 Å². The second-order valence-electron chi connectivity index (χ2n) is 6.33. The normalized spacial score (nSPS) is 11.6. The Hall–Kier alpha value is -2.18. The molecule has 7 heteroatoms. The summed E-state index contributed by atoms with van der Waals surface area (Å²) in [6.45, 7) is 0.424. The van der Waals surface area contributed by atoms with Gasteiger partial charge in [0, 0.05) is 13.6 Å². The zero-order valence-electron chi connectivity index (χ0n) is 16.3. The Bertz CT molecular complexity index is 816. The molecule has 150 valence electrons. The summed E-state index contributed by atoms with van der Waals surface area (Å²) in [6, 6.07) is 13.8. The molecule has 1 N–H and O–H groups in total. The fourth-order valence-electron chi connectivity index (χ4n) is 2.76. The minimum absolute atomic E-state index is 0.141. The lowest BCUT2D eigenvalue weighted by Crippen LogP contribution is -2.47. The second-order valence-corrected chi connectivity index (χ2v) is 7.73. The molecule has 0 radical (unpaired) electrons. The van der Waals surface area contributed by atoms with Crippen LogP contribution in [0.15, 0.2) is 48.5 Å². The van der Waals surface area contributed by atoms with E-state index >= 15 is 0 Å². The number of thioether (sulfide) groups is 1. The highest BCUT2D eigenvalue weighted by Gasteiger charge is 2.25. The van der Waals surface area contributed by atoms with Crippen molar-refractivity contribution in [3.8, 4) is 5.75 Å². The van der Waals surface area contributed by atoms with E-state index in [2.05, 4.69) is 5.32 Å². The molecule has 2 aromatic rings. The number of nitrogens with one attached hydrogen (secondary N) is 1. The molecule has 0 heterocycles. The van der Waals surface area contributed by atoms with E-state index in [0.717, 1.165) is 17.1 Å². The van der Waals surface area contributed by atoms with Crippen molar-refractivity contribution in [3.05, 3.63) is 64.7 Å². The van der Waals surface area contributed by atoms with Crippen LogP contribution in [0.5, 0.6) is 5.75 Å². The van der Waals surface area contributed by atoms with E-state index in [1.165, 1.54) is 0 Å². The number of ether oxygens (including phenoxy) is 1. The van der Waals surface area contributed by atoms with E-state index in [9.17, 15) is 9.59 Å². The van der Waals surface area contributed by atoms with Crippen molar-refractivity contribution in [3.63, 3.8) is 0 Å². The number of hydrogen-bond acceptors (Lipinski definition) is 4. The lowest BCUT2D eigenvalue weighted by Gasteiger charge is -2.25. The summed E-state index contributed by atoms with van der Waals surface area (Å²) in [5, 5.41) is 3.21. The van der Waals surface area contributed by atoms with Gasteiger partial charge in [0.05, 0.1) is 17.7 Å². The maximum absolute atomic E-state index is 13.0. The van der Waals surface area contributed by atoms with Crippen LogP contribution < -0.4 is 10.1 Å². The Labute approximate surface area is 175 Å².